The molecular formula is C13H29N3O3S. The second kappa shape index (κ2) is 9.68. The van der Waals surface area contributed by atoms with Crippen molar-refractivity contribution in [3.63, 3.8) is 0 Å². The number of hydrogen-bond donors (Lipinski definition) is 2. The fraction of sp³-hybridized carbons (Fsp3) is 1.00. The van der Waals surface area contributed by atoms with Gasteiger partial charge in [0.15, 0.2) is 0 Å². The van der Waals surface area contributed by atoms with Gasteiger partial charge < -0.3 is 10.1 Å². The van der Waals surface area contributed by atoms with Gasteiger partial charge >= 0.3 is 0 Å². The highest BCUT2D eigenvalue weighted by Crippen LogP contribution is 2.17. The molecule has 120 valence electrons. The number of nitrogens with zero attached hydrogens (tertiary/aromatic N) is 1. The molecule has 1 heterocycles. The van der Waals surface area contributed by atoms with Gasteiger partial charge in [0.05, 0.1) is 0 Å². The van der Waals surface area contributed by atoms with Gasteiger partial charge in [0, 0.05) is 33.4 Å². The van der Waals surface area contributed by atoms with Crippen LogP contribution in [0.1, 0.15) is 32.6 Å². The highest BCUT2D eigenvalue weighted by Gasteiger charge is 2.28. The number of nitrogens with one attached hydrogen (secondary N) is 2. The fourth-order valence-electron chi connectivity index (χ4n) is 2.40. The maximum atomic E-state index is 12.2. The minimum Gasteiger partial charge on any atom is -0.385 e. The van der Waals surface area contributed by atoms with Crippen molar-refractivity contribution in [2.75, 3.05) is 46.4 Å². The molecule has 1 saturated heterocycles. The van der Waals surface area contributed by atoms with Crippen LogP contribution < -0.4 is 10.0 Å². The minimum absolute atomic E-state index is 0.422. The molecule has 0 aromatic carbocycles. The van der Waals surface area contributed by atoms with Crippen molar-refractivity contribution < 1.29 is 13.2 Å². The van der Waals surface area contributed by atoms with Gasteiger partial charge in [0.25, 0.3) is 10.2 Å². The van der Waals surface area contributed by atoms with Crippen molar-refractivity contribution in [1.29, 1.82) is 0 Å². The third kappa shape index (κ3) is 6.49. The molecule has 1 unspecified atom stereocenters. The van der Waals surface area contributed by atoms with E-state index < -0.39 is 10.2 Å². The summed E-state index contributed by atoms with van der Waals surface area (Å²) >= 11 is 0. The van der Waals surface area contributed by atoms with E-state index in [2.05, 4.69) is 17.0 Å². The van der Waals surface area contributed by atoms with Gasteiger partial charge in [-0.25, -0.2) is 4.72 Å². The molecule has 0 aromatic rings. The molecule has 2 N–H and O–H groups in total. The van der Waals surface area contributed by atoms with E-state index in [1.165, 1.54) is 0 Å². The lowest BCUT2D eigenvalue weighted by molar-refractivity contribution is 0.195. The second-order valence-corrected chi connectivity index (χ2v) is 7.07. The standard InChI is InChI=1S/C13H29N3O3S/c1-3-7-14-11-13-6-4-9-16(12-13)20(17,18)15-8-5-10-19-2/h13-15H,3-12H2,1-2H3. The summed E-state index contributed by atoms with van der Waals surface area (Å²) in [6, 6.07) is 0. The lowest BCUT2D eigenvalue weighted by Crippen LogP contribution is -2.47. The zero-order valence-corrected chi connectivity index (χ0v) is 13.5. The van der Waals surface area contributed by atoms with Crippen LogP contribution in [0, 0.1) is 5.92 Å². The van der Waals surface area contributed by atoms with E-state index in [4.69, 9.17) is 4.74 Å². The molecule has 7 heteroatoms. The number of hydrogen-bond acceptors (Lipinski definition) is 4. The summed E-state index contributed by atoms with van der Waals surface area (Å²) < 4.78 is 33.5. The molecule has 1 aliphatic heterocycles. The van der Waals surface area contributed by atoms with Crippen molar-refractivity contribution in [3.8, 4) is 0 Å². The van der Waals surface area contributed by atoms with Gasteiger partial charge in [0.1, 0.15) is 0 Å². The third-order valence-corrected chi connectivity index (χ3v) is 5.07. The Labute approximate surface area is 123 Å². The summed E-state index contributed by atoms with van der Waals surface area (Å²) in [4.78, 5) is 0. The van der Waals surface area contributed by atoms with Crippen LogP contribution >= 0.6 is 0 Å². The summed E-state index contributed by atoms with van der Waals surface area (Å²) in [5.41, 5.74) is 0. The van der Waals surface area contributed by atoms with Gasteiger partial charge in [0.2, 0.25) is 0 Å². The van der Waals surface area contributed by atoms with Crippen LogP contribution in [0.2, 0.25) is 0 Å². The Balaban J connectivity index is 2.36. The van der Waals surface area contributed by atoms with E-state index in [0.717, 1.165) is 32.4 Å². The maximum Gasteiger partial charge on any atom is 0.279 e. The Morgan fingerprint density at radius 3 is 2.85 bits per heavy atom. The number of piperidine rings is 1. The molecule has 0 bridgehead atoms. The van der Waals surface area contributed by atoms with E-state index in [-0.39, 0.29) is 0 Å². The highest BCUT2D eigenvalue weighted by molar-refractivity contribution is 7.87. The molecule has 1 fully saturated rings. The predicted octanol–water partition coefficient (Wildman–Crippen LogP) is 0.569. The van der Waals surface area contributed by atoms with Crippen LogP contribution in [0.25, 0.3) is 0 Å². The van der Waals surface area contributed by atoms with Crippen LogP contribution in [-0.4, -0.2) is 59.2 Å². The lowest BCUT2D eigenvalue weighted by atomic mass is 10.00. The van der Waals surface area contributed by atoms with Crippen LogP contribution in [-0.2, 0) is 14.9 Å². The molecule has 1 rings (SSSR count). The molecule has 0 amide bonds. The molecule has 0 spiro atoms. The summed E-state index contributed by atoms with van der Waals surface area (Å²) in [5, 5.41) is 3.38. The molecule has 0 aliphatic carbocycles. The first-order valence-electron chi connectivity index (χ1n) is 7.54. The summed E-state index contributed by atoms with van der Waals surface area (Å²) in [5.74, 6) is 0.422. The summed E-state index contributed by atoms with van der Waals surface area (Å²) in [7, 11) is -1.71. The highest BCUT2D eigenvalue weighted by atomic mass is 32.2. The van der Waals surface area contributed by atoms with E-state index >= 15 is 0 Å². The van der Waals surface area contributed by atoms with Crippen LogP contribution in [0.5, 0.6) is 0 Å². The van der Waals surface area contributed by atoms with Crippen molar-refractivity contribution in [1.82, 2.24) is 14.3 Å². The monoisotopic (exact) mass is 307 g/mol. The Morgan fingerprint density at radius 1 is 1.35 bits per heavy atom. The van der Waals surface area contributed by atoms with Gasteiger partial charge in [-0.1, -0.05) is 6.92 Å². The van der Waals surface area contributed by atoms with Crippen molar-refractivity contribution >= 4 is 10.2 Å². The van der Waals surface area contributed by atoms with E-state index in [9.17, 15) is 8.42 Å². The van der Waals surface area contributed by atoms with Crippen LogP contribution in [0.4, 0.5) is 0 Å². The molecule has 0 saturated carbocycles. The van der Waals surface area contributed by atoms with Crippen LogP contribution in [0.15, 0.2) is 0 Å². The number of rotatable bonds is 10. The molecule has 0 aromatic heterocycles. The molecule has 6 nitrogen and oxygen atoms in total. The zero-order valence-electron chi connectivity index (χ0n) is 12.7. The van der Waals surface area contributed by atoms with Crippen molar-refractivity contribution in [2.24, 2.45) is 5.92 Å². The fourth-order valence-corrected chi connectivity index (χ4v) is 3.77. The maximum absolute atomic E-state index is 12.2. The van der Waals surface area contributed by atoms with Gasteiger partial charge in [-0.2, -0.15) is 12.7 Å². The molecule has 0 radical (unpaired) electrons. The quantitative estimate of drug-likeness (QED) is 0.579. The van der Waals surface area contributed by atoms with E-state index in [0.29, 0.717) is 38.6 Å². The number of ether oxygens (including phenoxy) is 1. The van der Waals surface area contributed by atoms with Gasteiger partial charge in [-0.3, -0.25) is 0 Å². The molecule has 1 atom stereocenters. The molecule has 1 aliphatic rings. The average Bonchev–Trinajstić information content (AvgIpc) is 2.44. The smallest absolute Gasteiger partial charge is 0.279 e. The molecular weight excluding hydrogens is 278 g/mol. The molecule has 20 heavy (non-hydrogen) atoms. The normalized spacial score (nSPS) is 21.2. The van der Waals surface area contributed by atoms with E-state index in [1.54, 1.807) is 11.4 Å². The second-order valence-electron chi connectivity index (χ2n) is 5.32. The lowest BCUT2D eigenvalue weighted by Gasteiger charge is -2.32. The van der Waals surface area contributed by atoms with Crippen LogP contribution in [0.3, 0.4) is 0 Å². The predicted molar refractivity (Wildman–Crippen MR) is 80.9 cm³/mol. The Bertz CT molecular complexity index is 349. The number of methoxy groups -OCH3 is 1. The Morgan fingerprint density at radius 2 is 2.15 bits per heavy atom. The Hall–Kier alpha value is -0.210. The van der Waals surface area contributed by atoms with Gasteiger partial charge in [-0.05, 0) is 44.7 Å². The van der Waals surface area contributed by atoms with E-state index in [1.807, 2.05) is 0 Å². The first-order chi connectivity index (χ1) is 9.60. The van der Waals surface area contributed by atoms with Crippen molar-refractivity contribution in [3.05, 3.63) is 0 Å². The average molecular weight is 307 g/mol. The van der Waals surface area contributed by atoms with Crippen molar-refractivity contribution in [2.45, 2.75) is 32.6 Å². The largest absolute Gasteiger partial charge is 0.385 e. The minimum atomic E-state index is -3.33. The first-order valence-corrected chi connectivity index (χ1v) is 8.98. The summed E-state index contributed by atoms with van der Waals surface area (Å²) in [6.45, 7) is 6.30. The topological polar surface area (TPSA) is 70.7 Å². The zero-order chi connectivity index (χ0) is 14.8. The first kappa shape index (κ1) is 17.8. The van der Waals surface area contributed by atoms with Gasteiger partial charge in [-0.15, -0.1) is 0 Å². The Kier molecular flexibility index (Phi) is 8.63. The summed E-state index contributed by atoms with van der Waals surface area (Å²) in [6.07, 6.45) is 3.85. The third-order valence-electron chi connectivity index (χ3n) is 3.49. The SMILES string of the molecule is CCCNCC1CCCN(S(=O)(=O)NCCCOC)C1.